The quantitative estimate of drug-likeness (QED) is 0.844. The third kappa shape index (κ3) is 2.25. The minimum Gasteiger partial charge on any atom is -0.338 e. The summed E-state index contributed by atoms with van der Waals surface area (Å²) in [7, 11) is 0. The molecule has 0 aromatic heterocycles. The van der Waals surface area contributed by atoms with Crippen LogP contribution in [0.3, 0.4) is 0 Å². The summed E-state index contributed by atoms with van der Waals surface area (Å²) in [4.78, 5) is 14.2. The zero-order chi connectivity index (χ0) is 11.8. The number of nitrogens with zero attached hydrogens (tertiary/aromatic N) is 1. The summed E-state index contributed by atoms with van der Waals surface area (Å²) in [5.74, 6) is 1.33. The number of halogens is 1. The fourth-order valence-corrected chi connectivity index (χ4v) is 3.24. The zero-order valence-electron chi connectivity index (χ0n) is 10.3. The first kappa shape index (κ1) is 13.4. The van der Waals surface area contributed by atoms with Crippen LogP contribution in [0, 0.1) is 11.8 Å². The summed E-state index contributed by atoms with van der Waals surface area (Å²) in [5, 5.41) is 0. The molecule has 3 nitrogen and oxygen atoms in total. The standard InChI is InChI=1S/C14H18N2O.ClH/c15-13-7-6-11-8-16(9-12(11)13)14(17)10-4-2-1-3-5-10;/h1-5,11-13H,6-9,15H2;1H. The first-order valence-corrected chi connectivity index (χ1v) is 6.35. The monoisotopic (exact) mass is 266 g/mol. The molecule has 2 N–H and O–H groups in total. The highest BCUT2D eigenvalue weighted by Crippen LogP contribution is 2.37. The number of carbonyl (C=O) groups excluding carboxylic acids is 1. The second kappa shape index (κ2) is 5.29. The van der Waals surface area contributed by atoms with Gasteiger partial charge in [-0.3, -0.25) is 4.79 Å². The molecule has 0 bridgehead atoms. The molecule has 1 aliphatic heterocycles. The minimum atomic E-state index is 0. The van der Waals surface area contributed by atoms with Gasteiger partial charge in [0.05, 0.1) is 0 Å². The fourth-order valence-electron chi connectivity index (χ4n) is 3.24. The number of rotatable bonds is 1. The number of carbonyl (C=O) groups is 1. The molecular weight excluding hydrogens is 248 g/mol. The van der Waals surface area contributed by atoms with Crippen LogP contribution in [0.4, 0.5) is 0 Å². The normalized spacial score (nSPS) is 29.8. The van der Waals surface area contributed by atoms with E-state index in [1.54, 1.807) is 0 Å². The number of benzene rings is 1. The van der Waals surface area contributed by atoms with Crippen molar-refractivity contribution in [3.63, 3.8) is 0 Å². The lowest BCUT2D eigenvalue weighted by molar-refractivity contribution is 0.0779. The van der Waals surface area contributed by atoms with Crippen LogP contribution in [0.15, 0.2) is 30.3 Å². The Morgan fingerprint density at radius 2 is 1.89 bits per heavy atom. The van der Waals surface area contributed by atoms with Gasteiger partial charge in [0.1, 0.15) is 0 Å². The van der Waals surface area contributed by atoms with Crippen molar-refractivity contribution in [3.05, 3.63) is 35.9 Å². The Kier molecular flexibility index (Phi) is 3.93. The number of amides is 1. The van der Waals surface area contributed by atoms with Gasteiger partial charge in [-0.15, -0.1) is 12.4 Å². The van der Waals surface area contributed by atoms with E-state index >= 15 is 0 Å². The molecule has 1 amide bonds. The molecule has 3 unspecified atom stereocenters. The van der Waals surface area contributed by atoms with Crippen molar-refractivity contribution in [3.8, 4) is 0 Å². The highest BCUT2D eigenvalue weighted by molar-refractivity contribution is 5.94. The van der Waals surface area contributed by atoms with Gasteiger partial charge in [0.15, 0.2) is 0 Å². The number of hydrogen-bond acceptors (Lipinski definition) is 2. The number of nitrogens with two attached hydrogens (primary N) is 1. The van der Waals surface area contributed by atoms with Crippen molar-refractivity contribution < 1.29 is 4.79 Å². The maximum atomic E-state index is 12.3. The molecule has 3 rings (SSSR count). The van der Waals surface area contributed by atoms with Crippen LogP contribution in [0.1, 0.15) is 23.2 Å². The Morgan fingerprint density at radius 3 is 2.56 bits per heavy atom. The number of hydrogen-bond donors (Lipinski definition) is 1. The van der Waals surface area contributed by atoms with Crippen molar-refractivity contribution in [2.24, 2.45) is 17.6 Å². The van der Waals surface area contributed by atoms with Gasteiger partial charge in [0.2, 0.25) is 0 Å². The lowest BCUT2D eigenvalue weighted by Gasteiger charge is -2.18. The average molecular weight is 267 g/mol. The van der Waals surface area contributed by atoms with Crippen LogP contribution in [0.25, 0.3) is 0 Å². The summed E-state index contributed by atoms with van der Waals surface area (Å²) in [6.07, 6.45) is 2.31. The Morgan fingerprint density at radius 1 is 1.17 bits per heavy atom. The predicted molar refractivity (Wildman–Crippen MR) is 73.8 cm³/mol. The second-order valence-electron chi connectivity index (χ2n) is 5.24. The number of likely N-dealkylation sites (tertiary alicyclic amines) is 1. The summed E-state index contributed by atoms with van der Waals surface area (Å²) in [6, 6.07) is 9.83. The van der Waals surface area contributed by atoms with Crippen LogP contribution < -0.4 is 5.73 Å². The topological polar surface area (TPSA) is 46.3 Å². The van der Waals surface area contributed by atoms with Crippen LogP contribution in [0.5, 0.6) is 0 Å². The van der Waals surface area contributed by atoms with Gasteiger partial charge in [-0.2, -0.15) is 0 Å². The first-order chi connectivity index (χ1) is 8.25. The SMILES string of the molecule is Cl.NC1CCC2CN(C(=O)c3ccccc3)CC12. The molecule has 0 spiro atoms. The maximum absolute atomic E-state index is 12.3. The smallest absolute Gasteiger partial charge is 0.253 e. The molecule has 1 heterocycles. The zero-order valence-corrected chi connectivity index (χ0v) is 11.1. The minimum absolute atomic E-state index is 0. The fraction of sp³-hybridized carbons (Fsp3) is 0.500. The molecule has 3 atom stereocenters. The van der Waals surface area contributed by atoms with Gasteiger partial charge in [0.25, 0.3) is 5.91 Å². The van der Waals surface area contributed by atoms with Gasteiger partial charge >= 0.3 is 0 Å². The van der Waals surface area contributed by atoms with Crippen LogP contribution in [-0.4, -0.2) is 29.9 Å². The molecule has 0 radical (unpaired) electrons. The van der Waals surface area contributed by atoms with E-state index in [0.717, 1.165) is 25.1 Å². The Bertz CT molecular complexity index is 423. The van der Waals surface area contributed by atoms with Crippen molar-refractivity contribution in [1.82, 2.24) is 4.90 Å². The van der Waals surface area contributed by atoms with E-state index in [1.807, 2.05) is 35.2 Å². The van der Waals surface area contributed by atoms with E-state index in [4.69, 9.17) is 5.73 Å². The Labute approximate surface area is 114 Å². The summed E-state index contributed by atoms with van der Waals surface area (Å²) < 4.78 is 0. The highest BCUT2D eigenvalue weighted by atomic mass is 35.5. The van der Waals surface area contributed by atoms with Gasteiger partial charge in [-0.05, 0) is 36.8 Å². The summed E-state index contributed by atoms with van der Waals surface area (Å²) >= 11 is 0. The summed E-state index contributed by atoms with van der Waals surface area (Å²) in [6.45, 7) is 1.74. The van der Waals surface area contributed by atoms with Crippen molar-refractivity contribution in [2.75, 3.05) is 13.1 Å². The third-order valence-corrected chi connectivity index (χ3v) is 4.22. The molecule has 1 aromatic carbocycles. The second-order valence-corrected chi connectivity index (χ2v) is 5.24. The lowest BCUT2D eigenvalue weighted by Crippen LogP contribution is -2.33. The third-order valence-electron chi connectivity index (χ3n) is 4.22. The van der Waals surface area contributed by atoms with E-state index in [9.17, 15) is 4.79 Å². The molecule has 2 fully saturated rings. The molecular formula is C14H19ClN2O. The number of fused-ring (bicyclic) bond motifs is 1. The average Bonchev–Trinajstić information content (AvgIpc) is 2.92. The first-order valence-electron chi connectivity index (χ1n) is 6.35. The van der Waals surface area contributed by atoms with Gasteiger partial charge < -0.3 is 10.6 Å². The maximum Gasteiger partial charge on any atom is 0.253 e. The molecule has 1 saturated carbocycles. The lowest BCUT2D eigenvalue weighted by atomic mass is 9.98. The van der Waals surface area contributed by atoms with Gasteiger partial charge in [-0.1, -0.05) is 18.2 Å². The van der Waals surface area contributed by atoms with E-state index < -0.39 is 0 Å². The Hall–Kier alpha value is -1.06. The van der Waals surface area contributed by atoms with E-state index in [2.05, 4.69) is 0 Å². The van der Waals surface area contributed by atoms with Gasteiger partial charge in [-0.25, -0.2) is 0 Å². The predicted octanol–water partition coefficient (Wildman–Crippen LogP) is 1.92. The van der Waals surface area contributed by atoms with Crippen molar-refractivity contribution in [2.45, 2.75) is 18.9 Å². The van der Waals surface area contributed by atoms with Gasteiger partial charge in [0, 0.05) is 24.7 Å². The van der Waals surface area contributed by atoms with Crippen molar-refractivity contribution in [1.29, 1.82) is 0 Å². The van der Waals surface area contributed by atoms with Crippen LogP contribution in [-0.2, 0) is 0 Å². The molecule has 2 aliphatic rings. The summed E-state index contributed by atoms with van der Waals surface area (Å²) in [5.41, 5.74) is 6.88. The van der Waals surface area contributed by atoms with E-state index in [0.29, 0.717) is 17.9 Å². The highest BCUT2D eigenvalue weighted by Gasteiger charge is 2.42. The molecule has 4 heteroatoms. The van der Waals surface area contributed by atoms with Crippen molar-refractivity contribution >= 4 is 18.3 Å². The molecule has 1 aliphatic carbocycles. The van der Waals surface area contributed by atoms with Crippen LogP contribution in [0.2, 0.25) is 0 Å². The van der Waals surface area contributed by atoms with Crippen LogP contribution >= 0.6 is 12.4 Å². The molecule has 1 aromatic rings. The molecule has 1 saturated heterocycles. The molecule has 18 heavy (non-hydrogen) atoms. The molecule has 98 valence electrons. The van der Waals surface area contributed by atoms with E-state index in [1.165, 1.54) is 6.42 Å². The van der Waals surface area contributed by atoms with E-state index in [-0.39, 0.29) is 18.3 Å². The largest absolute Gasteiger partial charge is 0.338 e. The Balaban J connectivity index is 0.00000120.